The van der Waals surface area contributed by atoms with Crippen LogP contribution >= 0.6 is 0 Å². The molecule has 0 unspecified atom stereocenters. The lowest BCUT2D eigenvalue weighted by molar-refractivity contribution is -0.125. The minimum absolute atomic E-state index is 0.0107. The Kier molecular flexibility index (Phi) is 6.65. The molecule has 5 heteroatoms. The Labute approximate surface area is 127 Å². The summed E-state index contributed by atoms with van der Waals surface area (Å²) >= 11 is 0. The molecule has 3 N–H and O–H groups in total. The van der Waals surface area contributed by atoms with E-state index in [0.29, 0.717) is 25.4 Å². The van der Waals surface area contributed by atoms with Crippen LogP contribution in [0.3, 0.4) is 0 Å². The zero-order chi connectivity index (χ0) is 15.9. The molecular weight excluding hydrogens is 266 g/mol. The Bertz CT molecular complexity index is 441. The number of carbonyl (C=O) groups is 1. The third-order valence-electron chi connectivity index (χ3n) is 3.41. The SMILES string of the molecule is CN(C)CCOCCNC(=O)C(C)(C)c1ccc(N)cc1. The van der Waals surface area contributed by atoms with Crippen molar-refractivity contribution < 1.29 is 9.53 Å². The van der Waals surface area contributed by atoms with E-state index in [2.05, 4.69) is 10.2 Å². The van der Waals surface area contributed by atoms with Crippen LogP contribution < -0.4 is 11.1 Å². The van der Waals surface area contributed by atoms with Crippen molar-refractivity contribution in [1.29, 1.82) is 0 Å². The molecule has 21 heavy (non-hydrogen) atoms. The summed E-state index contributed by atoms with van der Waals surface area (Å²) in [5.74, 6) is -0.0107. The molecule has 0 saturated heterocycles. The maximum absolute atomic E-state index is 12.3. The molecule has 1 rings (SSSR count). The molecule has 1 amide bonds. The summed E-state index contributed by atoms with van der Waals surface area (Å²) in [5, 5.41) is 2.92. The number of nitrogens with one attached hydrogen (secondary N) is 1. The van der Waals surface area contributed by atoms with Gasteiger partial charge in [0.2, 0.25) is 5.91 Å². The molecule has 1 aromatic carbocycles. The van der Waals surface area contributed by atoms with Gasteiger partial charge in [0.25, 0.3) is 0 Å². The Morgan fingerprint density at radius 3 is 2.43 bits per heavy atom. The van der Waals surface area contributed by atoms with Gasteiger partial charge in [-0.25, -0.2) is 0 Å². The van der Waals surface area contributed by atoms with E-state index in [-0.39, 0.29) is 5.91 Å². The molecule has 0 saturated carbocycles. The molecule has 118 valence electrons. The van der Waals surface area contributed by atoms with Gasteiger partial charge in [-0.1, -0.05) is 12.1 Å². The van der Waals surface area contributed by atoms with Gasteiger partial charge >= 0.3 is 0 Å². The third-order valence-corrected chi connectivity index (χ3v) is 3.41. The second-order valence-corrected chi connectivity index (χ2v) is 5.92. The highest BCUT2D eigenvalue weighted by Gasteiger charge is 2.29. The Morgan fingerprint density at radius 2 is 1.86 bits per heavy atom. The van der Waals surface area contributed by atoms with Crippen LogP contribution in [-0.2, 0) is 14.9 Å². The number of anilines is 1. The van der Waals surface area contributed by atoms with Crippen molar-refractivity contribution in [2.75, 3.05) is 46.1 Å². The van der Waals surface area contributed by atoms with Gasteiger partial charge in [0.1, 0.15) is 0 Å². The first-order valence-electron chi connectivity index (χ1n) is 7.21. The summed E-state index contributed by atoms with van der Waals surface area (Å²) in [7, 11) is 4.00. The fraction of sp³-hybridized carbons (Fsp3) is 0.562. The summed E-state index contributed by atoms with van der Waals surface area (Å²) in [5.41, 5.74) is 6.73. The van der Waals surface area contributed by atoms with Crippen molar-refractivity contribution >= 4 is 11.6 Å². The largest absolute Gasteiger partial charge is 0.399 e. The van der Waals surface area contributed by atoms with Crippen LogP contribution in [0.5, 0.6) is 0 Å². The first-order chi connectivity index (χ1) is 9.84. The van der Waals surface area contributed by atoms with E-state index < -0.39 is 5.41 Å². The fourth-order valence-corrected chi connectivity index (χ4v) is 1.84. The summed E-state index contributed by atoms with van der Waals surface area (Å²) in [6, 6.07) is 7.41. The average molecular weight is 293 g/mol. The third kappa shape index (κ3) is 5.73. The highest BCUT2D eigenvalue weighted by molar-refractivity contribution is 5.87. The highest BCUT2D eigenvalue weighted by Crippen LogP contribution is 2.24. The van der Waals surface area contributed by atoms with Crippen LogP contribution in [-0.4, -0.2) is 51.2 Å². The summed E-state index contributed by atoms with van der Waals surface area (Å²) < 4.78 is 5.46. The van der Waals surface area contributed by atoms with Crippen molar-refractivity contribution in [3.8, 4) is 0 Å². The molecule has 0 bridgehead atoms. The topological polar surface area (TPSA) is 67.6 Å². The number of nitrogens with zero attached hydrogens (tertiary/aromatic N) is 1. The molecule has 0 fully saturated rings. The Balaban J connectivity index is 2.38. The molecule has 1 aromatic rings. The average Bonchev–Trinajstić information content (AvgIpc) is 2.42. The predicted molar refractivity (Wildman–Crippen MR) is 86.3 cm³/mol. The van der Waals surface area contributed by atoms with Crippen LogP contribution in [0, 0.1) is 0 Å². The van der Waals surface area contributed by atoms with E-state index in [0.717, 1.165) is 12.1 Å². The number of ether oxygens (including phenoxy) is 1. The summed E-state index contributed by atoms with van der Waals surface area (Å²) in [4.78, 5) is 14.3. The van der Waals surface area contributed by atoms with Gasteiger partial charge in [-0.15, -0.1) is 0 Å². The highest BCUT2D eigenvalue weighted by atomic mass is 16.5. The van der Waals surface area contributed by atoms with Crippen molar-refractivity contribution in [3.05, 3.63) is 29.8 Å². The standard InChI is InChI=1S/C16H27N3O2/c1-16(2,13-5-7-14(17)8-6-13)15(20)18-9-11-21-12-10-19(3)4/h5-8H,9-12,17H2,1-4H3,(H,18,20). The Hall–Kier alpha value is -1.59. The fourth-order valence-electron chi connectivity index (χ4n) is 1.84. The number of likely N-dealkylation sites (N-methyl/N-ethyl adjacent to an activating group) is 1. The smallest absolute Gasteiger partial charge is 0.230 e. The van der Waals surface area contributed by atoms with Crippen LogP contribution in [0.25, 0.3) is 0 Å². The van der Waals surface area contributed by atoms with E-state index in [1.807, 2.05) is 52.2 Å². The Morgan fingerprint density at radius 1 is 1.24 bits per heavy atom. The molecule has 0 aliphatic heterocycles. The second kappa shape index (κ2) is 8.00. The minimum Gasteiger partial charge on any atom is -0.399 e. The van der Waals surface area contributed by atoms with E-state index >= 15 is 0 Å². The molecule has 5 nitrogen and oxygen atoms in total. The molecule has 0 radical (unpaired) electrons. The molecule has 0 aliphatic rings. The predicted octanol–water partition coefficient (Wildman–Crippen LogP) is 1.24. The van der Waals surface area contributed by atoms with Crippen molar-refractivity contribution in [1.82, 2.24) is 10.2 Å². The van der Waals surface area contributed by atoms with Gasteiger partial charge in [0.05, 0.1) is 18.6 Å². The van der Waals surface area contributed by atoms with Gasteiger partial charge in [0.15, 0.2) is 0 Å². The lowest BCUT2D eigenvalue weighted by atomic mass is 9.83. The molecular formula is C16H27N3O2. The van der Waals surface area contributed by atoms with Crippen LogP contribution in [0.1, 0.15) is 19.4 Å². The van der Waals surface area contributed by atoms with Gasteiger partial charge in [0, 0.05) is 18.8 Å². The molecule has 0 heterocycles. The molecule has 0 atom stereocenters. The maximum Gasteiger partial charge on any atom is 0.230 e. The van der Waals surface area contributed by atoms with Crippen LogP contribution in [0.15, 0.2) is 24.3 Å². The quantitative estimate of drug-likeness (QED) is 0.559. The lowest BCUT2D eigenvalue weighted by Gasteiger charge is -2.24. The normalized spacial score (nSPS) is 11.7. The van der Waals surface area contributed by atoms with Gasteiger partial charge in [-0.3, -0.25) is 4.79 Å². The van der Waals surface area contributed by atoms with Crippen LogP contribution in [0.4, 0.5) is 5.69 Å². The number of benzene rings is 1. The lowest BCUT2D eigenvalue weighted by Crippen LogP contribution is -2.41. The number of nitrogen functional groups attached to an aromatic ring is 1. The van der Waals surface area contributed by atoms with Crippen molar-refractivity contribution in [3.63, 3.8) is 0 Å². The number of amides is 1. The van der Waals surface area contributed by atoms with E-state index in [1.54, 1.807) is 0 Å². The zero-order valence-corrected chi connectivity index (χ0v) is 13.5. The van der Waals surface area contributed by atoms with Gasteiger partial charge < -0.3 is 20.7 Å². The van der Waals surface area contributed by atoms with Gasteiger partial charge in [-0.2, -0.15) is 0 Å². The number of nitrogens with two attached hydrogens (primary N) is 1. The monoisotopic (exact) mass is 293 g/mol. The van der Waals surface area contributed by atoms with Gasteiger partial charge in [-0.05, 0) is 45.6 Å². The maximum atomic E-state index is 12.3. The summed E-state index contributed by atoms with van der Waals surface area (Å²) in [6.07, 6.45) is 0. The number of hydrogen-bond donors (Lipinski definition) is 2. The van der Waals surface area contributed by atoms with Crippen molar-refractivity contribution in [2.24, 2.45) is 0 Å². The number of rotatable bonds is 8. The summed E-state index contributed by atoms with van der Waals surface area (Å²) in [6.45, 7) is 6.40. The first kappa shape index (κ1) is 17.5. The van der Waals surface area contributed by atoms with E-state index in [1.165, 1.54) is 0 Å². The number of carbonyl (C=O) groups excluding carboxylic acids is 1. The second-order valence-electron chi connectivity index (χ2n) is 5.92. The van der Waals surface area contributed by atoms with Crippen molar-refractivity contribution in [2.45, 2.75) is 19.3 Å². The molecule has 0 aromatic heterocycles. The van der Waals surface area contributed by atoms with E-state index in [4.69, 9.17) is 10.5 Å². The first-order valence-corrected chi connectivity index (χ1v) is 7.21. The molecule has 0 aliphatic carbocycles. The molecule has 0 spiro atoms. The zero-order valence-electron chi connectivity index (χ0n) is 13.5. The minimum atomic E-state index is -0.586. The van der Waals surface area contributed by atoms with Crippen LogP contribution in [0.2, 0.25) is 0 Å². The number of hydrogen-bond acceptors (Lipinski definition) is 4. The van der Waals surface area contributed by atoms with E-state index in [9.17, 15) is 4.79 Å².